The van der Waals surface area contributed by atoms with Gasteiger partial charge in [0.1, 0.15) is 5.52 Å². The lowest BCUT2D eigenvalue weighted by Gasteiger charge is -2.13. The van der Waals surface area contributed by atoms with Crippen LogP contribution in [0.15, 0.2) is 47.5 Å². The van der Waals surface area contributed by atoms with Crippen LogP contribution in [-0.4, -0.2) is 21.0 Å². The molecule has 2 N–H and O–H groups in total. The van der Waals surface area contributed by atoms with Crippen LogP contribution < -0.4 is 0 Å². The molecule has 96 valence electrons. The summed E-state index contributed by atoms with van der Waals surface area (Å²) in [5, 5.41) is 9.07. The van der Waals surface area contributed by atoms with Crippen molar-refractivity contribution in [2.24, 2.45) is 0 Å². The number of carboxylic acids is 1. The minimum absolute atomic E-state index is 0.0392. The van der Waals surface area contributed by atoms with Crippen molar-refractivity contribution < 1.29 is 14.3 Å². The predicted molar refractivity (Wildman–Crippen MR) is 68.9 cm³/mol. The first kappa shape index (κ1) is 11.5. The first-order valence-electron chi connectivity index (χ1n) is 5.91. The summed E-state index contributed by atoms with van der Waals surface area (Å²) in [7, 11) is 0. The number of nitrogens with one attached hydrogen (secondary N) is 1. The van der Waals surface area contributed by atoms with E-state index in [9.17, 15) is 4.79 Å². The van der Waals surface area contributed by atoms with Crippen molar-refractivity contribution in [3.8, 4) is 0 Å². The van der Waals surface area contributed by atoms with Crippen LogP contribution in [0.25, 0.3) is 11.1 Å². The van der Waals surface area contributed by atoms with Gasteiger partial charge in [-0.25, -0.2) is 4.98 Å². The van der Waals surface area contributed by atoms with E-state index in [2.05, 4.69) is 9.97 Å². The monoisotopic (exact) mass is 256 g/mol. The Kier molecular flexibility index (Phi) is 2.79. The van der Waals surface area contributed by atoms with Gasteiger partial charge in [0.25, 0.3) is 0 Å². The first-order valence-corrected chi connectivity index (χ1v) is 5.91. The van der Waals surface area contributed by atoms with Gasteiger partial charge in [-0.05, 0) is 29.3 Å². The summed E-state index contributed by atoms with van der Waals surface area (Å²) in [6.07, 6.45) is 5.03. The maximum Gasteiger partial charge on any atom is 0.304 e. The number of nitrogens with zero attached hydrogens (tertiary/aromatic N) is 1. The fourth-order valence-corrected chi connectivity index (χ4v) is 2.24. The third-order valence-corrected chi connectivity index (χ3v) is 3.16. The number of fused-ring (bicyclic) bond motifs is 1. The molecular formula is C14H12N2O3. The normalized spacial score (nSPS) is 12.6. The number of aliphatic carboxylic acids is 1. The largest absolute Gasteiger partial charge is 0.481 e. The molecule has 19 heavy (non-hydrogen) atoms. The summed E-state index contributed by atoms with van der Waals surface area (Å²) in [5.41, 5.74) is 3.29. The van der Waals surface area contributed by atoms with E-state index >= 15 is 0 Å². The summed E-state index contributed by atoms with van der Waals surface area (Å²) < 4.78 is 5.26. The van der Waals surface area contributed by atoms with Crippen molar-refractivity contribution >= 4 is 17.1 Å². The molecule has 0 radical (unpaired) electrons. The van der Waals surface area contributed by atoms with Gasteiger partial charge in [0.05, 0.1) is 6.42 Å². The molecule has 0 saturated heterocycles. The van der Waals surface area contributed by atoms with Crippen molar-refractivity contribution in [3.05, 3.63) is 54.2 Å². The van der Waals surface area contributed by atoms with Crippen molar-refractivity contribution in [1.82, 2.24) is 9.97 Å². The van der Waals surface area contributed by atoms with E-state index in [0.717, 1.165) is 16.6 Å². The molecule has 0 aliphatic heterocycles. The minimum Gasteiger partial charge on any atom is -0.481 e. The summed E-state index contributed by atoms with van der Waals surface area (Å²) in [6, 6.07) is 7.47. The molecule has 5 nitrogen and oxygen atoms in total. The third kappa shape index (κ3) is 2.22. The number of carbonyl (C=O) groups is 1. The molecule has 1 aromatic carbocycles. The first-order chi connectivity index (χ1) is 9.24. The van der Waals surface area contributed by atoms with Gasteiger partial charge in [-0.2, -0.15) is 0 Å². The van der Waals surface area contributed by atoms with Crippen molar-refractivity contribution in [2.75, 3.05) is 0 Å². The molecule has 2 aromatic heterocycles. The molecule has 2 heterocycles. The Bertz CT molecular complexity index is 700. The Morgan fingerprint density at radius 2 is 2.26 bits per heavy atom. The molecule has 1 atom stereocenters. The van der Waals surface area contributed by atoms with Crippen molar-refractivity contribution in [1.29, 1.82) is 0 Å². The Hall–Kier alpha value is -2.56. The highest BCUT2D eigenvalue weighted by molar-refractivity contribution is 5.74. The van der Waals surface area contributed by atoms with E-state index in [0.29, 0.717) is 5.58 Å². The van der Waals surface area contributed by atoms with Crippen LogP contribution in [0, 0.1) is 0 Å². The van der Waals surface area contributed by atoms with Crippen LogP contribution in [0.4, 0.5) is 0 Å². The maximum atomic E-state index is 11.0. The topological polar surface area (TPSA) is 79.1 Å². The Balaban J connectivity index is 2.04. The molecule has 3 aromatic rings. The Morgan fingerprint density at radius 3 is 3.00 bits per heavy atom. The van der Waals surface area contributed by atoms with Gasteiger partial charge in [-0.1, -0.05) is 6.07 Å². The quantitative estimate of drug-likeness (QED) is 0.752. The molecular weight excluding hydrogens is 244 g/mol. The SMILES string of the molecule is O=C(O)CC(c1cc[nH]c1)c1ccc2ncoc2c1. The van der Waals surface area contributed by atoms with Crippen molar-refractivity contribution in [2.45, 2.75) is 12.3 Å². The van der Waals surface area contributed by atoms with E-state index < -0.39 is 5.97 Å². The average Bonchev–Trinajstić information content (AvgIpc) is 3.06. The van der Waals surface area contributed by atoms with E-state index in [1.54, 1.807) is 6.20 Å². The lowest BCUT2D eigenvalue weighted by Crippen LogP contribution is -2.07. The molecule has 0 aliphatic rings. The standard InChI is InChI=1S/C14H12N2O3/c17-14(18)6-11(10-3-4-15-7-10)9-1-2-12-13(5-9)19-8-16-12/h1-5,7-8,11,15H,6H2,(H,17,18). The second-order valence-electron chi connectivity index (χ2n) is 4.37. The molecule has 0 aliphatic carbocycles. The molecule has 0 amide bonds. The summed E-state index contributed by atoms with van der Waals surface area (Å²) in [5.74, 6) is -1.03. The van der Waals surface area contributed by atoms with E-state index in [1.807, 2.05) is 30.5 Å². The number of carboxylic acid groups (broad SMARTS) is 1. The van der Waals surface area contributed by atoms with Crippen LogP contribution in [0.5, 0.6) is 0 Å². The Labute approximate surface area is 108 Å². The van der Waals surface area contributed by atoms with Crippen LogP contribution in [0.2, 0.25) is 0 Å². The second kappa shape index (κ2) is 4.61. The highest BCUT2D eigenvalue weighted by Crippen LogP contribution is 2.29. The lowest BCUT2D eigenvalue weighted by atomic mass is 9.90. The number of hydrogen-bond donors (Lipinski definition) is 2. The van der Waals surface area contributed by atoms with Crippen LogP contribution in [-0.2, 0) is 4.79 Å². The van der Waals surface area contributed by atoms with E-state index in [1.165, 1.54) is 6.39 Å². The van der Waals surface area contributed by atoms with Gasteiger partial charge in [0.15, 0.2) is 12.0 Å². The maximum absolute atomic E-state index is 11.0. The van der Waals surface area contributed by atoms with E-state index in [-0.39, 0.29) is 12.3 Å². The number of oxazole rings is 1. The van der Waals surface area contributed by atoms with Gasteiger partial charge >= 0.3 is 5.97 Å². The minimum atomic E-state index is -0.830. The molecule has 1 unspecified atom stereocenters. The van der Waals surface area contributed by atoms with Gasteiger partial charge < -0.3 is 14.5 Å². The van der Waals surface area contributed by atoms with Gasteiger partial charge in [-0.3, -0.25) is 4.79 Å². The number of benzene rings is 1. The van der Waals surface area contributed by atoms with Crippen LogP contribution in [0.1, 0.15) is 23.5 Å². The number of aromatic nitrogens is 2. The molecule has 5 heteroatoms. The summed E-state index contributed by atoms with van der Waals surface area (Å²) >= 11 is 0. The zero-order chi connectivity index (χ0) is 13.2. The molecule has 0 bridgehead atoms. The zero-order valence-electron chi connectivity index (χ0n) is 10.0. The average molecular weight is 256 g/mol. The fraction of sp³-hybridized carbons (Fsp3) is 0.143. The van der Waals surface area contributed by atoms with Gasteiger partial charge in [0, 0.05) is 18.3 Å². The van der Waals surface area contributed by atoms with Gasteiger partial charge in [-0.15, -0.1) is 0 Å². The number of aromatic amines is 1. The number of hydrogen-bond acceptors (Lipinski definition) is 3. The highest BCUT2D eigenvalue weighted by Gasteiger charge is 2.19. The van der Waals surface area contributed by atoms with E-state index in [4.69, 9.17) is 9.52 Å². The summed E-state index contributed by atoms with van der Waals surface area (Å²) in [4.78, 5) is 18.1. The van der Waals surface area contributed by atoms with Gasteiger partial charge in [0.2, 0.25) is 0 Å². The zero-order valence-corrected chi connectivity index (χ0v) is 10.0. The fourth-order valence-electron chi connectivity index (χ4n) is 2.24. The number of rotatable bonds is 4. The molecule has 0 fully saturated rings. The Morgan fingerprint density at radius 1 is 1.37 bits per heavy atom. The predicted octanol–water partition coefficient (Wildman–Crippen LogP) is 2.76. The van der Waals surface area contributed by atoms with Crippen LogP contribution >= 0.6 is 0 Å². The smallest absolute Gasteiger partial charge is 0.304 e. The number of H-pyrrole nitrogens is 1. The lowest BCUT2D eigenvalue weighted by molar-refractivity contribution is -0.137. The van der Waals surface area contributed by atoms with Crippen LogP contribution in [0.3, 0.4) is 0 Å². The summed E-state index contributed by atoms with van der Waals surface area (Å²) in [6.45, 7) is 0. The molecule has 0 spiro atoms. The highest BCUT2D eigenvalue weighted by atomic mass is 16.4. The second-order valence-corrected chi connectivity index (χ2v) is 4.37. The molecule has 3 rings (SSSR count). The third-order valence-electron chi connectivity index (χ3n) is 3.16. The molecule has 0 saturated carbocycles. The van der Waals surface area contributed by atoms with Crippen molar-refractivity contribution in [3.63, 3.8) is 0 Å².